The van der Waals surface area contributed by atoms with E-state index in [1.165, 1.54) is 13.0 Å². The van der Waals surface area contributed by atoms with Crippen molar-refractivity contribution in [1.29, 1.82) is 0 Å². The molecule has 2 aromatic carbocycles. The number of ether oxygens (including phenoxy) is 1. The van der Waals surface area contributed by atoms with Crippen molar-refractivity contribution in [3.05, 3.63) is 54.1 Å². The van der Waals surface area contributed by atoms with Crippen molar-refractivity contribution in [3.8, 4) is 5.75 Å². The van der Waals surface area contributed by atoms with Gasteiger partial charge in [0.05, 0.1) is 5.92 Å². The SMILES string of the molecule is CC(=O)Oc1cccc(C(=O)Nc2ccc(NC(=O)C3CC(=O)N(C(C)(C)C)C3)cc2)c1. The van der Waals surface area contributed by atoms with Crippen molar-refractivity contribution in [2.24, 2.45) is 5.92 Å². The minimum atomic E-state index is -0.465. The highest BCUT2D eigenvalue weighted by molar-refractivity contribution is 6.04. The van der Waals surface area contributed by atoms with E-state index in [-0.39, 0.29) is 29.7 Å². The van der Waals surface area contributed by atoms with E-state index in [1.54, 1.807) is 47.4 Å². The van der Waals surface area contributed by atoms with Gasteiger partial charge in [-0.25, -0.2) is 0 Å². The zero-order valence-electron chi connectivity index (χ0n) is 18.6. The van der Waals surface area contributed by atoms with Gasteiger partial charge in [-0.3, -0.25) is 19.2 Å². The summed E-state index contributed by atoms with van der Waals surface area (Å²) in [6, 6.07) is 13.0. The van der Waals surface area contributed by atoms with Crippen LogP contribution in [0.3, 0.4) is 0 Å². The molecule has 1 saturated heterocycles. The molecule has 0 bridgehead atoms. The Morgan fingerprint density at radius 3 is 2.19 bits per heavy atom. The average Bonchev–Trinajstić information content (AvgIpc) is 3.11. The highest BCUT2D eigenvalue weighted by Gasteiger charge is 2.39. The summed E-state index contributed by atoms with van der Waals surface area (Å²) in [6.45, 7) is 7.54. The molecule has 1 atom stereocenters. The van der Waals surface area contributed by atoms with Gasteiger partial charge in [0.2, 0.25) is 11.8 Å². The van der Waals surface area contributed by atoms with E-state index >= 15 is 0 Å². The summed E-state index contributed by atoms with van der Waals surface area (Å²) in [4.78, 5) is 50.1. The molecule has 0 aromatic heterocycles. The highest BCUT2D eigenvalue weighted by atomic mass is 16.5. The topological polar surface area (TPSA) is 105 Å². The lowest BCUT2D eigenvalue weighted by Crippen LogP contribution is -2.42. The van der Waals surface area contributed by atoms with E-state index in [0.717, 1.165) is 0 Å². The van der Waals surface area contributed by atoms with E-state index in [9.17, 15) is 19.2 Å². The van der Waals surface area contributed by atoms with Crippen molar-refractivity contribution in [1.82, 2.24) is 4.90 Å². The lowest BCUT2D eigenvalue weighted by Gasteiger charge is -2.31. The fourth-order valence-electron chi connectivity index (χ4n) is 3.48. The normalized spacial score (nSPS) is 15.9. The molecular formula is C24H27N3O5. The Kier molecular flexibility index (Phi) is 6.62. The van der Waals surface area contributed by atoms with Crippen molar-refractivity contribution in [2.45, 2.75) is 39.7 Å². The Morgan fingerprint density at radius 2 is 1.62 bits per heavy atom. The van der Waals surface area contributed by atoms with Crippen LogP contribution in [-0.2, 0) is 14.4 Å². The third-order valence-electron chi connectivity index (χ3n) is 5.07. The van der Waals surface area contributed by atoms with E-state index < -0.39 is 11.9 Å². The molecule has 0 radical (unpaired) electrons. The maximum atomic E-state index is 12.6. The number of esters is 1. The van der Waals surface area contributed by atoms with Gasteiger partial charge in [0.15, 0.2) is 0 Å². The van der Waals surface area contributed by atoms with E-state index in [4.69, 9.17) is 4.74 Å². The molecule has 8 nitrogen and oxygen atoms in total. The monoisotopic (exact) mass is 437 g/mol. The number of nitrogens with zero attached hydrogens (tertiary/aromatic N) is 1. The zero-order valence-corrected chi connectivity index (χ0v) is 18.6. The second-order valence-electron chi connectivity index (χ2n) is 8.72. The Labute approximate surface area is 186 Å². The first-order valence-corrected chi connectivity index (χ1v) is 10.3. The third kappa shape index (κ3) is 5.72. The van der Waals surface area contributed by atoms with Crippen LogP contribution in [0, 0.1) is 5.92 Å². The molecule has 1 fully saturated rings. The van der Waals surface area contributed by atoms with Crippen LogP contribution in [0.15, 0.2) is 48.5 Å². The maximum absolute atomic E-state index is 12.6. The molecule has 1 aliphatic rings. The molecule has 1 aliphatic heterocycles. The number of rotatable bonds is 5. The lowest BCUT2D eigenvalue weighted by molar-refractivity contribution is -0.132. The van der Waals surface area contributed by atoms with Gasteiger partial charge in [-0.1, -0.05) is 6.07 Å². The first kappa shape index (κ1) is 23.0. The summed E-state index contributed by atoms with van der Waals surface area (Å²) in [5.41, 5.74) is 1.15. The van der Waals surface area contributed by atoms with Gasteiger partial charge in [-0.15, -0.1) is 0 Å². The Hall–Kier alpha value is -3.68. The Bertz CT molecular complexity index is 1040. The molecule has 3 amide bonds. The van der Waals surface area contributed by atoms with Crippen LogP contribution in [0.5, 0.6) is 5.75 Å². The average molecular weight is 437 g/mol. The zero-order chi connectivity index (χ0) is 23.5. The molecule has 168 valence electrons. The van der Waals surface area contributed by atoms with Gasteiger partial charge in [0.1, 0.15) is 5.75 Å². The van der Waals surface area contributed by atoms with Crippen LogP contribution in [0.25, 0.3) is 0 Å². The summed E-state index contributed by atoms with van der Waals surface area (Å²) in [5, 5.41) is 5.59. The number of nitrogens with one attached hydrogen (secondary N) is 2. The number of amides is 3. The smallest absolute Gasteiger partial charge is 0.308 e. The van der Waals surface area contributed by atoms with Gasteiger partial charge in [0.25, 0.3) is 5.91 Å². The second kappa shape index (κ2) is 9.21. The minimum absolute atomic E-state index is 0.0199. The molecule has 0 spiro atoms. The largest absolute Gasteiger partial charge is 0.427 e. The number of anilines is 2. The second-order valence-corrected chi connectivity index (χ2v) is 8.72. The summed E-state index contributed by atoms with van der Waals surface area (Å²) in [7, 11) is 0. The quantitative estimate of drug-likeness (QED) is 0.551. The van der Waals surface area contributed by atoms with Crippen LogP contribution in [0.1, 0.15) is 44.5 Å². The lowest BCUT2D eigenvalue weighted by atomic mass is 10.1. The number of carbonyl (C=O) groups excluding carboxylic acids is 4. The number of hydrogen-bond acceptors (Lipinski definition) is 5. The summed E-state index contributed by atoms with van der Waals surface area (Å²) >= 11 is 0. The predicted molar refractivity (Wildman–Crippen MR) is 120 cm³/mol. The van der Waals surface area contributed by atoms with Gasteiger partial charge in [0, 0.05) is 42.4 Å². The van der Waals surface area contributed by atoms with Crippen molar-refractivity contribution < 1.29 is 23.9 Å². The molecule has 0 saturated carbocycles. The first-order valence-electron chi connectivity index (χ1n) is 10.3. The molecule has 2 aromatic rings. The number of hydrogen-bond donors (Lipinski definition) is 2. The van der Waals surface area contributed by atoms with Crippen LogP contribution in [0.4, 0.5) is 11.4 Å². The van der Waals surface area contributed by atoms with Gasteiger partial charge in [-0.05, 0) is 63.2 Å². The van der Waals surface area contributed by atoms with Crippen LogP contribution >= 0.6 is 0 Å². The van der Waals surface area contributed by atoms with Gasteiger partial charge >= 0.3 is 5.97 Å². The predicted octanol–water partition coefficient (Wildman–Crippen LogP) is 3.45. The van der Waals surface area contributed by atoms with Crippen LogP contribution in [0.2, 0.25) is 0 Å². The number of benzene rings is 2. The highest BCUT2D eigenvalue weighted by Crippen LogP contribution is 2.27. The Morgan fingerprint density at radius 1 is 1.00 bits per heavy atom. The standard InChI is InChI=1S/C24H27N3O5/c1-15(28)32-20-7-5-6-16(12-20)22(30)25-18-8-10-19(11-9-18)26-23(31)17-13-21(29)27(14-17)24(2,3)4/h5-12,17H,13-14H2,1-4H3,(H,25,30)(H,26,31). The molecule has 0 aliphatic carbocycles. The first-order chi connectivity index (χ1) is 15.0. The maximum Gasteiger partial charge on any atom is 0.308 e. The summed E-state index contributed by atoms with van der Waals surface area (Å²) in [5.74, 6) is -1.15. The molecule has 8 heteroatoms. The number of carbonyl (C=O) groups is 4. The molecule has 1 unspecified atom stereocenters. The van der Waals surface area contributed by atoms with Crippen molar-refractivity contribution >= 4 is 35.1 Å². The summed E-state index contributed by atoms with van der Waals surface area (Å²) in [6.07, 6.45) is 0.198. The molecule has 2 N–H and O–H groups in total. The Balaban J connectivity index is 1.58. The molecular weight excluding hydrogens is 410 g/mol. The van der Waals surface area contributed by atoms with Crippen molar-refractivity contribution in [2.75, 3.05) is 17.2 Å². The van der Waals surface area contributed by atoms with Crippen LogP contribution in [-0.4, -0.2) is 40.7 Å². The van der Waals surface area contributed by atoms with E-state index in [2.05, 4.69) is 10.6 Å². The van der Waals surface area contributed by atoms with E-state index in [0.29, 0.717) is 29.2 Å². The fraction of sp³-hybridized carbons (Fsp3) is 0.333. The molecule has 3 rings (SSSR count). The van der Waals surface area contributed by atoms with Crippen LogP contribution < -0.4 is 15.4 Å². The third-order valence-corrected chi connectivity index (χ3v) is 5.07. The summed E-state index contributed by atoms with van der Waals surface area (Å²) < 4.78 is 5.00. The van der Waals surface area contributed by atoms with Gasteiger partial charge in [-0.2, -0.15) is 0 Å². The fourth-order valence-corrected chi connectivity index (χ4v) is 3.48. The molecule has 32 heavy (non-hydrogen) atoms. The van der Waals surface area contributed by atoms with Gasteiger partial charge < -0.3 is 20.3 Å². The van der Waals surface area contributed by atoms with Crippen molar-refractivity contribution in [3.63, 3.8) is 0 Å². The van der Waals surface area contributed by atoms with E-state index in [1.807, 2.05) is 20.8 Å². The minimum Gasteiger partial charge on any atom is -0.427 e. The number of likely N-dealkylation sites (tertiary alicyclic amines) is 1. The molecule has 1 heterocycles.